The highest BCUT2D eigenvalue weighted by molar-refractivity contribution is 7.93. The minimum atomic E-state index is -3.76. The molecule has 0 spiro atoms. The molecule has 1 aromatic carbocycles. The van der Waals surface area contributed by atoms with Gasteiger partial charge >= 0.3 is 0 Å². The van der Waals surface area contributed by atoms with Crippen molar-refractivity contribution in [2.75, 3.05) is 4.72 Å². The van der Waals surface area contributed by atoms with E-state index in [1.54, 1.807) is 48.8 Å². The summed E-state index contributed by atoms with van der Waals surface area (Å²) in [6, 6.07) is 10.2. The Balaban J connectivity index is 2.10. The van der Waals surface area contributed by atoms with Gasteiger partial charge in [-0.1, -0.05) is 30.7 Å². The molecule has 0 radical (unpaired) electrons. The summed E-state index contributed by atoms with van der Waals surface area (Å²) in [7, 11) is -3.76. The molecule has 0 saturated carbocycles. The molecule has 0 aliphatic rings. The SMILES string of the molecule is CCCn1cc(S(=O)(=O)Nc2ccccc2Cl)c2cccnc21. The van der Waals surface area contributed by atoms with Crippen LogP contribution in [0.3, 0.4) is 0 Å². The third-order valence-corrected chi connectivity index (χ3v) is 5.19. The van der Waals surface area contributed by atoms with Crippen LogP contribution < -0.4 is 4.72 Å². The van der Waals surface area contributed by atoms with Crippen LogP contribution in [-0.2, 0) is 16.6 Å². The van der Waals surface area contributed by atoms with Crippen molar-refractivity contribution < 1.29 is 8.42 Å². The van der Waals surface area contributed by atoms with Gasteiger partial charge in [0.1, 0.15) is 10.5 Å². The smallest absolute Gasteiger partial charge is 0.264 e. The lowest BCUT2D eigenvalue weighted by Gasteiger charge is -2.08. The van der Waals surface area contributed by atoms with E-state index < -0.39 is 10.0 Å². The lowest BCUT2D eigenvalue weighted by Crippen LogP contribution is -2.13. The van der Waals surface area contributed by atoms with Gasteiger partial charge in [0, 0.05) is 24.3 Å². The van der Waals surface area contributed by atoms with E-state index in [0.29, 0.717) is 28.3 Å². The number of halogens is 1. The van der Waals surface area contributed by atoms with Crippen LogP contribution in [0.25, 0.3) is 11.0 Å². The first-order chi connectivity index (χ1) is 11.0. The summed E-state index contributed by atoms with van der Waals surface area (Å²) in [4.78, 5) is 4.51. The molecule has 0 fully saturated rings. The number of fused-ring (bicyclic) bond motifs is 1. The fraction of sp³-hybridized carbons (Fsp3) is 0.188. The van der Waals surface area contributed by atoms with Crippen LogP contribution in [0.1, 0.15) is 13.3 Å². The highest BCUT2D eigenvalue weighted by atomic mass is 35.5. The summed E-state index contributed by atoms with van der Waals surface area (Å²) in [5.74, 6) is 0. The fourth-order valence-electron chi connectivity index (χ4n) is 2.46. The van der Waals surface area contributed by atoms with Crippen LogP contribution in [0, 0.1) is 0 Å². The van der Waals surface area contributed by atoms with Crippen molar-refractivity contribution in [3.63, 3.8) is 0 Å². The maximum atomic E-state index is 12.8. The number of nitrogens with zero attached hydrogens (tertiary/aromatic N) is 2. The van der Waals surface area contributed by atoms with Crippen LogP contribution in [0.4, 0.5) is 5.69 Å². The van der Waals surface area contributed by atoms with Crippen molar-refractivity contribution in [2.45, 2.75) is 24.8 Å². The zero-order valence-electron chi connectivity index (χ0n) is 12.5. The third kappa shape index (κ3) is 3.04. The molecule has 3 rings (SSSR count). The molecule has 1 N–H and O–H groups in total. The number of hydrogen-bond donors (Lipinski definition) is 1. The van der Waals surface area contributed by atoms with Gasteiger partial charge in [0.15, 0.2) is 0 Å². The molecule has 2 heterocycles. The summed E-state index contributed by atoms with van der Waals surface area (Å²) in [5, 5.41) is 0.951. The predicted octanol–water partition coefficient (Wildman–Crippen LogP) is 3.90. The second-order valence-corrected chi connectivity index (χ2v) is 7.20. The number of para-hydroxylation sites is 1. The molecule has 2 aromatic heterocycles. The van der Waals surface area contributed by atoms with Crippen LogP contribution in [0.2, 0.25) is 5.02 Å². The van der Waals surface area contributed by atoms with Gasteiger partial charge in [0.25, 0.3) is 10.0 Å². The highest BCUT2D eigenvalue weighted by Gasteiger charge is 2.22. The average Bonchev–Trinajstić information content (AvgIpc) is 2.90. The Hall–Kier alpha value is -2.05. The Labute approximate surface area is 140 Å². The van der Waals surface area contributed by atoms with Gasteiger partial charge in [0.2, 0.25) is 0 Å². The molecule has 0 amide bonds. The van der Waals surface area contributed by atoms with Gasteiger partial charge < -0.3 is 4.57 Å². The van der Waals surface area contributed by atoms with E-state index in [4.69, 9.17) is 11.6 Å². The molecule has 0 saturated heterocycles. The third-order valence-electron chi connectivity index (χ3n) is 3.47. The van der Waals surface area contributed by atoms with Crippen molar-refractivity contribution in [2.24, 2.45) is 0 Å². The van der Waals surface area contributed by atoms with E-state index in [2.05, 4.69) is 9.71 Å². The van der Waals surface area contributed by atoms with Crippen molar-refractivity contribution in [1.82, 2.24) is 9.55 Å². The van der Waals surface area contributed by atoms with Crippen molar-refractivity contribution in [3.05, 3.63) is 53.8 Å². The van der Waals surface area contributed by atoms with Crippen molar-refractivity contribution >= 4 is 38.3 Å². The quantitative estimate of drug-likeness (QED) is 0.759. The zero-order chi connectivity index (χ0) is 16.4. The van der Waals surface area contributed by atoms with Gasteiger partial charge in [-0.3, -0.25) is 4.72 Å². The topological polar surface area (TPSA) is 64.0 Å². The maximum Gasteiger partial charge on any atom is 0.264 e. The van der Waals surface area contributed by atoms with Crippen LogP contribution in [-0.4, -0.2) is 18.0 Å². The molecule has 0 bridgehead atoms. The molecule has 0 unspecified atom stereocenters. The van der Waals surface area contributed by atoms with Gasteiger partial charge in [-0.15, -0.1) is 0 Å². The number of pyridine rings is 1. The molecule has 7 heteroatoms. The van der Waals surface area contributed by atoms with E-state index in [-0.39, 0.29) is 4.90 Å². The Bertz CT molecular complexity index is 951. The van der Waals surface area contributed by atoms with Crippen molar-refractivity contribution in [1.29, 1.82) is 0 Å². The van der Waals surface area contributed by atoms with E-state index in [1.807, 2.05) is 11.5 Å². The van der Waals surface area contributed by atoms with Gasteiger partial charge in [-0.2, -0.15) is 0 Å². The van der Waals surface area contributed by atoms with E-state index in [0.717, 1.165) is 6.42 Å². The van der Waals surface area contributed by atoms with Gasteiger partial charge in [-0.25, -0.2) is 13.4 Å². The highest BCUT2D eigenvalue weighted by Crippen LogP contribution is 2.28. The second-order valence-electron chi connectivity index (χ2n) is 5.15. The minimum Gasteiger partial charge on any atom is -0.331 e. The monoisotopic (exact) mass is 349 g/mol. The Morgan fingerprint density at radius 1 is 1.22 bits per heavy atom. The molecular formula is C16H16ClN3O2S. The number of hydrogen-bond acceptors (Lipinski definition) is 3. The molecule has 5 nitrogen and oxygen atoms in total. The lowest BCUT2D eigenvalue weighted by molar-refractivity contribution is 0.601. The summed E-state index contributed by atoms with van der Waals surface area (Å²) in [5.41, 5.74) is 1.02. The zero-order valence-corrected chi connectivity index (χ0v) is 14.1. The second kappa shape index (κ2) is 6.22. The van der Waals surface area contributed by atoms with Gasteiger partial charge in [-0.05, 0) is 30.7 Å². The fourth-order valence-corrected chi connectivity index (χ4v) is 3.99. The number of nitrogens with one attached hydrogen (secondary N) is 1. The van der Waals surface area contributed by atoms with Crippen LogP contribution >= 0.6 is 11.6 Å². The predicted molar refractivity (Wildman–Crippen MR) is 92.3 cm³/mol. The first kappa shape index (κ1) is 15.8. The average molecular weight is 350 g/mol. The molecule has 3 aromatic rings. The molecule has 0 aliphatic heterocycles. The molecule has 23 heavy (non-hydrogen) atoms. The molecule has 0 atom stereocenters. The summed E-state index contributed by atoms with van der Waals surface area (Å²) in [6.07, 6.45) is 4.17. The minimum absolute atomic E-state index is 0.203. The summed E-state index contributed by atoms with van der Waals surface area (Å²) < 4.78 is 30.0. The van der Waals surface area contributed by atoms with E-state index in [1.165, 1.54) is 0 Å². The van der Waals surface area contributed by atoms with E-state index >= 15 is 0 Å². The number of aryl methyl sites for hydroxylation is 1. The maximum absolute atomic E-state index is 12.8. The van der Waals surface area contributed by atoms with E-state index in [9.17, 15) is 8.42 Å². The normalized spacial score (nSPS) is 11.7. The first-order valence-corrected chi connectivity index (χ1v) is 9.10. The standard InChI is InChI=1S/C16H16ClN3O2S/c1-2-10-20-11-15(12-6-5-9-18-16(12)20)23(21,22)19-14-8-4-3-7-13(14)17/h3-9,11,19H,2,10H2,1H3. The first-order valence-electron chi connectivity index (χ1n) is 7.24. The number of rotatable bonds is 5. The molecule has 120 valence electrons. The lowest BCUT2D eigenvalue weighted by atomic mass is 10.3. The largest absolute Gasteiger partial charge is 0.331 e. The Kier molecular flexibility index (Phi) is 4.28. The number of sulfonamides is 1. The molecular weight excluding hydrogens is 334 g/mol. The van der Waals surface area contributed by atoms with Crippen LogP contribution in [0.5, 0.6) is 0 Å². The van der Waals surface area contributed by atoms with Crippen molar-refractivity contribution in [3.8, 4) is 0 Å². The molecule has 0 aliphatic carbocycles. The Morgan fingerprint density at radius 2 is 2.00 bits per heavy atom. The summed E-state index contributed by atoms with van der Waals surface area (Å²) in [6.45, 7) is 2.74. The Morgan fingerprint density at radius 3 is 2.74 bits per heavy atom. The number of benzene rings is 1. The summed E-state index contributed by atoms with van der Waals surface area (Å²) >= 11 is 6.05. The van der Waals surface area contributed by atoms with Gasteiger partial charge in [0.05, 0.1) is 10.7 Å². The number of anilines is 1. The number of aromatic nitrogens is 2. The van der Waals surface area contributed by atoms with Crippen LogP contribution in [0.15, 0.2) is 53.7 Å².